The first-order valence-electron chi connectivity index (χ1n) is 4.54. The molecule has 1 aromatic rings. The molecule has 0 aliphatic heterocycles. The van der Waals surface area contributed by atoms with Crippen LogP contribution in [0.1, 0.15) is 24.1 Å². The highest BCUT2D eigenvalue weighted by molar-refractivity contribution is 5.85. The van der Waals surface area contributed by atoms with E-state index in [4.69, 9.17) is 10.8 Å². The lowest BCUT2D eigenvalue weighted by atomic mass is 10.00. The molecule has 0 aromatic heterocycles. The molecule has 0 unspecified atom stereocenters. The minimum Gasteiger partial charge on any atom is -0.391 e. The first kappa shape index (κ1) is 16.1. The van der Waals surface area contributed by atoms with Gasteiger partial charge in [-0.25, -0.2) is 4.39 Å². The minimum absolute atomic E-state index is 0. The molecule has 3 N–H and O–H groups in total. The lowest BCUT2D eigenvalue weighted by molar-refractivity contribution is -0.140. The van der Waals surface area contributed by atoms with E-state index in [1.807, 2.05) is 0 Å². The summed E-state index contributed by atoms with van der Waals surface area (Å²) in [5.41, 5.74) is 3.68. The van der Waals surface area contributed by atoms with Crippen LogP contribution < -0.4 is 5.73 Å². The summed E-state index contributed by atoms with van der Waals surface area (Å²) in [6.07, 6.45) is -5.89. The van der Waals surface area contributed by atoms with Crippen LogP contribution in [0.3, 0.4) is 0 Å². The highest BCUT2D eigenvalue weighted by Crippen LogP contribution is 2.33. The number of halogens is 5. The van der Waals surface area contributed by atoms with Gasteiger partial charge in [-0.15, -0.1) is 12.4 Å². The molecule has 0 aliphatic carbocycles. The molecule has 0 amide bonds. The highest BCUT2D eigenvalue weighted by atomic mass is 35.5. The van der Waals surface area contributed by atoms with E-state index in [0.717, 1.165) is 12.1 Å². The van der Waals surface area contributed by atoms with Crippen LogP contribution in [0.5, 0.6) is 0 Å². The van der Waals surface area contributed by atoms with Crippen molar-refractivity contribution in [2.24, 2.45) is 5.73 Å². The van der Waals surface area contributed by atoms with E-state index in [1.54, 1.807) is 0 Å². The summed E-state index contributed by atoms with van der Waals surface area (Å²) in [5.74, 6) is -1.43. The molecule has 98 valence electrons. The maximum absolute atomic E-state index is 13.5. The molecule has 7 heteroatoms. The van der Waals surface area contributed by atoms with Crippen molar-refractivity contribution < 1.29 is 22.7 Å². The molecule has 0 bridgehead atoms. The molecule has 1 rings (SSSR count). The number of alkyl halides is 3. The monoisotopic (exact) mass is 273 g/mol. The van der Waals surface area contributed by atoms with Gasteiger partial charge in [0.1, 0.15) is 5.82 Å². The predicted molar refractivity (Wildman–Crippen MR) is 57.3 cm³/mol. The second-order valence-corrected chi connectivity index (χ2v) is 3.47. The molecule has 2 nitrogen and oxygen atoms in total. The Labute approximate surface area is 102 Å². The van der Waals surface area contributed by atoms with Gasteiger partial charge in [0.25, 0.3) is 0 Å². The third kappa shape index (κ3) is 3.55. The lowest BCUT2D eigenvalue weighted by Gasteiger charge is -2.18. The van der Waals surface area contributed by atoms with Crippen LogP contribution in [-0.2, 0) is 6.18 Å². The quantitative estimate of drug-likeness (QED) is 0.814. The third-order valence-corrected chi connectivity index (χ3v) is 2.21. The van der Waals surface area contributed by atoms with Crippen LogP contribution in [0.25, 0.3) is 0 Å². The van der Waals surface area contributed by atoms with Gasteiger partial charge in [-0.1, -0.05) is 12.1 Å². The summed E-state index contributed by atoms with van der Waals surface area (Å²) in [4.78, 5) is 0. The van der Waals surface area contributed by atoms with Gasteiger partial charge in [0.05, 0.1) is 17.7 Å². The van der Waals surface area contributed by atoms with Crippen molar-refractivity contribution in [3.63, 3.8) is 0 Å². The number of nitrogens with two attached hydrogens (primary N) is 1. The number of rotatable bonds is 2. The molecular weight excluding hydrogens is 262 g/mol. The normalized spacial score (nSPS) is 15.0. The van der Waals surface area contributed by atoms with Crippen molar-refractivity contribution in [2.75, 3.05) is 0 Å². The fourth-order valence-electron chi connectivity index (χ4n) is 1.29. The SMILES string of the molecule is C[C@@H](O)[C@@H](N)c1cccc(C(F)(F)F)c1F.Cl. The average Bonchev–Trinajstić information content (AvgIpc) is 2.15. The van der Waals surface area contributed by atoms with Crippen molar-refractivity contribution in [3.8, 4) is 0 Å². The van der Waals surface area contributed by atoms with Gasteiger partial charge < -0.3 is 10.8 Å². The lowest BCUT2D eigenvalue weighted by Crippen LogP contribution is -2.25. The number of hydrogen-bond donors (Lipinski definition) is 2. The molecule has 17 heavy (non-hydrogen) atoms. The van der Waals surface area contributed by atoms with Crippen molar-refractivity contribution in [2.45, 2.75) is 25.2 Å². The molecule has 0 radical (unpaired) electrons. The van der Waals surface area contributed by atoms with Crippen LogP contribution in [0.4, 0.5) is 17.6 Å². The molecule has 0 heterocycles. The van der Waals surface area contributed by atoms with E-state index < -0.39 is 29.7 Å². The van der Waals surface area contributed by atoms with Gasteiger partial charge in [0, 0.05) is 5.56 Å². The second-order valence-electron chi connectivity index (χ2n) is 3.47. The van der Waals surface area contributed by atoms with E-state index >= 15 is 0 Å². The number of hydrogen-bond acceptors (Lipinski definition) is 2. The van der Waals surface area contributed by atoms with Gasteiger partial charge in [-0.05, 0) is 13.0 Å². The average molecular weight is 274 g/mol. The summed E-state index contributed by atoms with van der Waals surface area (Å²) in [5, 5.41) is 9.12. The van der Waals surface area contributed by atoms with Crippen molar-refractivity contribution in [3.05, 3.63) is 35.1 Å². The van der Waals surface area contributed by atoms with Crippen LogP contribution in [0, 0.1) is 5.82 Å². The molecule has 0 spiro atoms. The third-order valence-electron chi connectivity index (χ3n) is 2.21. The Morgan fingerprint density at radius 1 is 1.29 bits per heavy atom. The Bertz CT molecular complexity index is 381. The molecule has 0 saturated carbocycles. The summed E-state index contributed by atoms with van der Waals surface area (Å²) in [6, 6.07) is 1.64. The smallest absolute Gasteiger partial charge is 0.391 e. The Morgan fingerprint density at radius 3 is 2.24 bits per heavy atom. The molecule has 2 atom stereocenters. The Kier molecular flexibility index (Phi) is 5.38. The predicted octanol–water partition coefficient (Wildman–Crippen LogP) is 2.65. The van der Waals surface area contributed by atoms with Crippen molar-refractivity contribution >= 4 is 12.4 Å². The Morgan fingerprint density at radius 2 is 1.82 bits per heavy atom. The van der Waals surface area contributed by atoms with Gasteiger partial charge >= 0.3 is 6.18 Å². The minimum atomic E-state index is -4.77. The highest BCUT2D eigenvalue weighted by Gasteiger charge is 2.35. The van der Waals surface area contributed by atoms with E-state index in [2.05, 4.69) is 0 Å². The summed E-state index contributed by atoms with van der Waals surface area (Å²) in [6.45, 7) is 1.28. The number of benzene rings is 1. The van der Waals surface area contributed by atoms with Crippen LogP contribution in [-0.4, -0.2) is 11.2 Å². The number of aliphatic hydroxyl groups excluding tert-OH is 1. The first-order valence-corrected chi connectivity index (χ1v) is 4.54. The molecule has 0 aliphatic rings. The zero-order valence-electron chi connectivity index (χ0n) is 8.83. The van der Waals surface area contributed by atoms with Crippen LogP contribution in [0.2, 0.25) is 0 Å². The van der Waals surface area contributed by atoms with Gasteiger partial charge in [-0.2, -0.15) is 13.2 Å². The molecule has 1 aromatic carbocycles. The number of aliphatic hydroxyl groups is 1. The zero-order valence-corrected chi connectivity index (χ0v) is 9.65. The van der Waals surface area contributed by atoms with Crippen LogP contribution in [0.15, 0.2) is 18.2 Å². The Hall–Kier alpha value is -0.850. The van der Waals surface area contributed by atoms with E-state index in [-0.39, 0.29) is 18.0 Å². The standard InChI is InChI=1S/C10H11F4NO.ClH/c1-5(16)9(15)6-3-2-4-7(8(6)11)10(12,13)14;/h2-5,9,16H,15H2,1H3;1H/t5-,9-;/m1./s1. The summed E-state index contributed by atoms with van der Waals surface area (Å²) >= 11 is 0. The fourth-order valence-corrected chi connectivity index (χ4v) is 1.29. The Balaban J connectivity index is 0.00000256. The van der Waals surface area contributed by atoms with Gasteiger partial charge in [0.2, 0.25) is 0 Å². The zero-order chi connectivity index (χ0) is 12.5. The largest absolute Gasteiger partial charge is 0.419 e. The maximum atomic E-state index is 13.5. The summed E-state index contributed by atoms with van der Waals surface area (Å²) < 4.78 is 50.5. The maximum Gasteiger partial charge on any atom is 0.419 e. The molecule has 0 fully saturated rings. The van der Waals surface area contributed by atoms with Gasteiger partial charge in [0.15, 0.2) is 0 Å². The van der Waals surface area contributed by atoms with E-state index in [0.29, 0.717) is 6.07 Å². The molecular formula is C10H12ClF4NO. The fraction of sp³-hybridized carbons (Fsp3) is 0.400. The topological polar surface area (TPSA) is 46.2 Å². The van der Waals surface area contributed by atoms with E-state index in [9.17, 15) is 17.6 Å². The second kappa shape index (κ2) is 5.66. The first-order chi connectivity index (χ1) is 7.25. The van der Waals surface area contributed by atoms with E-state index in [1.165, 1.54) is 6.92 Å². The van der Waals surface area contributed by atoms with Crippen molar-refractivity contribution in [1.82, 2.24) is 0 Å². The summed E-state index contributed by atoms with van der Waals surface area (Å²) in [7, 11) is 0. The molecule has 0 saturated heterocycles. The van der Waals surface area contributed by atoms with Crippen molar-refractivity contribution in [1.29, 1.82) is 0 Å². The van der Waals surface area contributed by atoms with Crippen LogP contribution >= 0.6 is 12.4 Å². The van der Waals surface area contributed by atoms with Gasteiger partial charge in [-0.3, -0.25) is 0 Å².